The maximum absolute atomic E-state index is 12.6. The van der Waals surface area contributed by atoms with Gasteiger partial charge in [-0.1, -0.05) is 0 Å². The van der Waals surface area contributed by atoms with Crippen molar-refractivity contribution in [1.82, 2.24) is 0 Å². The quantitative estimate of drug-likeness (QED) is 0.929. The third-order valence-corrected chi connectivity index (χ3v) is 4.33. The molecule has 1 aliphatic heterocycles. The second-order valence-corrected chi connectivity index (χ2v) is 5.82. The summed E-state index contributed by atoms with van der Waals surface area (Å²) in [5.41, 5.74) is 2.99. The fourth-order valence-corrected chi connectivity index (χ4v) is 2.92. The molecular formula is C19H20N2O4. The summed E-state index contributed by atoms with van der Waals surface area (Å²) in [4.78, 5) is 26.0. The highest BCUT2D eigenvalue weighted by atomic mass is 16.5. The number of methoxy groups -OCH3 is 2. The molecule has 130 valence electrons. The second-order valence-electron chi connectivity index (χ2n) is 5.82. The van der Waals surface area contributed by atoms with Gasteiger partial charge in [-0.05, 0) is 48.4 Å². The van der Waals surface area contributed by atoms with E-state index in [1.54, 1.807) is 43.3 Å². The normalized spacial score (nSPS) is 13.2. The van der Waals surface area contributed by atoms with Crippen LogP contribution in [0.1, 0.15) is 22.3 Å². The number of nitrogens with one attached hydrogen (secondary N) is 1. The number of benzene rings is 2. The summed E-state index contributed by atoms with van der Waals surface area (Å²) in [6, 6.07) is 10.6. The van der Waals surface area contributed by atoms with Crippen LogP contribution in [-0.2, 0) is 11.2 Å². The molecule has 6 heteroatoms. The Hall–Kier alpha value is -3.02. The first-order chi connectivity index (χ1) is 12.0. The van der Waals surface area contributed by atoms with Crippen LogP contribution >= 0.6 is 0 Å². The van der Waals surface area contributed by atoms with Gasteiger partial charge in [0, 0.05) is 24.8 Å². The molecule has 0 spiro atoms. The minimum absolute atomic E-state index is 0.102. The molecule has 6 nitrogen and oxygen atoms in total. The number of fused-ring (bicyclic) bond motifs is 1. The van der Waals surface area contributed by atoms with Crippen molar-refractivity contribution in [2.24, 2.45) is 0 Å². The van der Waals surface area contributed by atoms with Crippen molar-refractivity contribution >= 4 is 23.2 Å². The first-order valence-electron chi connectivity index (χ1n) is 7.96. The molecule has 0 saturated heterocycles. The second kappa shape index (κ2) is 6.84. The number of rotatable bonds is 4. The molecule has 1 heterocycles. The molecule has 0 aliphatic carbocycles. The summed E-state index contributed by atoms with van der Waals surface area (Å²) in [6.07, 6.45) is 1.15. The Morgan fingerprint density at radius 3 is 2.60 bits per heavy atom. The molecule has 0 bridgehead atoms. The SMILES string of the molecule is COc1ccc(OC)c(C(=O)Nc2ccc3c(c2)CCC(=O)N3C)c1. The molecule has 0 saturated carbocycles. The minimum atomic E-state index is -0.282. The van der Waals surface area contributed by atoms with Gasteiger partial charge in [-0.2, -0.15) is 0 Å². The van der Waals surface area contributed by atoms with E-state index in [1.807, 2.05) is 12.1 Å². The maximum Gasteiger partial charge on any atom is 0.259 e. The number of carbonyl (C=O) groups excluding carboxylic acids is 2. The van der Waals surface area contributed by atoms with Crippen LogP contribution in [0.4, 0.5) is 11.4 Å². The Balaban J connectivity index is 1.86. The lowest BCUT2D eigenvalue weighted by Gasteiger charge is -2.26. The third kappa shape index (κ3) is 3.28. The molecule has 2 amide bonds. The predicted octanol–water partition coefficient (Wildman–Crippen LogP) is 2.87. The Morgan fingerprint density at radius 1 is 1.08 bits per heavy atom. The number of hydrogen-bond donors (Lipinski definition) is 1. The van der Waals surface area contributed by atoms with Gasteiger partial charge < -0.3 is 19.7 Å². The van der Waals surface area contributed by atoms with Gasteiger partial charge in [-0.3, -0.25) is 9.59 Å². The molecule has 0 atom stereocenters. The van der Waals surface area contributed by atoms with E-state index < -0.39 is 0 Å². The summed E-state index contributed by atoms with van der Waals surface area (Å²) < 4.78 is 10.4. The summed E-state index contributed by atoms with van der Waals surface area (Å²) in [6.45, 7) is 0. The zero-order valence-electron chi connectivity index (χ0n) is 14.5. The van der Waals surface area contributed by atoms with Gasteiger partial charge in [-0.15, -0.1) is 0 Å². The van der Waals surface area contributed by atoms with Crippen LogP contribution in [0.2, 0.25) is 0 Å². The van der Waals surface area contributed by atoms with Gasteiger partial charge in [0.15, 0.2) is 0 Å². The van der Waals surface area contributed by atoms with E-state index >= 15 is 0 Å². The number of anilines is 2. The van der Waals surface area contributed by atoms with Gasteiger partial charge in [0.1, 0.15) is 11.5 Å². The fourth-order valence-electron chi connectivity index (χ4n) is 2.92. The van der Waals surface area contributed by atoms with Crippen LogP contribution in [0.25, 0.3) is 0 Å². The number of hydrogen-bond acceptors (Lipinski definition) is 4. The lowest BCUT2D eigenvalue weighted by molar-refractivity contribution is -0.118. The highest BCUT2D eigenvalue weighted by Crippen LogP contribution is 2.30. The average molecular weight is 340 g/mol. The average Bonchev–Trinajstić information content (AvgIpc) is 2.64. The number of aryl methyl sites for hydroxylation is 1. The first kappa shape index (κ1) is 16.8. The molecule has 3 rings (SSSR count). The lowest BCUT2D eigenvalue weighted by Crippen LogP contribution is -2.31. The summed E-state index contributed by atoms with van der Waals surface area (Å²) >= 11 is 0. The van der Waals surface area contributed by atoms with E-state index in [0.717, 1.165) is 11.3 Å². The zero-order valence-corrected chi connectivity index (χ0v) is 14.5. The summed E-state index contributed by atoms with van der Waals surface area (Å²) in [7, 11) is 4.83. The van der Waals surface area contributed by atoms with Crippen molar-refractivity contribution in [3.63, 3.8) is 0 Å². The van der Waals surface area contributed by atoms with Gasteiger partial charge in [-0.25, -0.2) is 0 Å². The Morgan fingerprint density at radius 2 is 1.88 bits per heavy atom. The molecule has 25 heavy (non-hydrogen) atoms. The van der Waals surface area contributed by atoms with Gasteiger partial charge >= 0.3 is 0 Å². The number of nitrogens with zero attached hydrogens (tertiary/aromatic N) is 1. The molecule has 1 N–H and O–H groups in total. The molecule has 0 radical (unpaired) electrons. The Bertz CT molecular complexity index is 832. The molecule has 1 aliphatic rings. The maximum atomic E-state index is 12.6. The topological polar surface area (TPSA) is 67.9 Å². The fraction of sp³-hybridized carbons (Fsp3) is 0.263. The number of carbonyl (C=O) groups is 2. The smallest absolute Gasteiger partial charge is 0.259 e. The number of ether oxygens (including phenoxy) is 2. The molecule has 0 aromatic heterocycles. The summed E-state index contributed by atoms with van der Waals surface area (Å²) in [5.74, 6) is 0.875. The van der Waals surface area contributed by atoms with Crippen LogP contribution in [0.3, 0.4) is 0 Å². The molecule has 0 unspecified atom stereocenters. The zero-order chi connectivity index (χ0) is 18.0. The largest absolute Gasteiger partial charge is 0.497 e. The Labute approximate surface area is 146 Å². The van der Waals surface area contributed by atoms with Crippen LogP contribution < -0.4 is 19.7 Å². The van der Waals surface area contributed by atoms with Crippen LogP contribution in [-0.4, -0.2) is 33.1 Å². The molecule has 0 fully saturated rings. The number of amides is 2. The summed E-state index contributed by atoms with van der Waals surface area (Å²) in [5, 5.41) is 2.88. The third-order valence-electron chi connectivity index (χ3n) is 4.33. The molecular weight excluding hydrogens is 320 g/mol. The van der Waals surface area contributed by atoms with E-state index in [1.165, 1.54) is 7.11 Å². The molecule has 2 aromatic carbocycles. The van der Waals surface area contributed by atoms with Gasteiger partial charge in [0.05, 0.1) is 19.8 Å². The van der Waals surface area contributed by atoms with Crippen molar-refractivity contribution in [2.45, 2.75) is 12.8 Å². The van der Waals surface area contributed by atoms with E-state index in [9.17, 15) is 9.59 Å². The van der Waals surface area contributed by atoms with Crippen LogP contribution in [0.5, 0.6) is 11.5 Å². The van der Waals surface area contributed by atoms with Gasteiger partial charge in [0.2, 0.25) is 5.91 Å². The lowest BCUT2D eigenvalue weighted by atomic mass is 10.0. The predicted molar refractivity (Wildman–Crippen MR) is 95.7 cm³/mol. The van der Waals surface area contributed by atoms with Crippen molar-refractivity contribution < 1.29 is 19.1 Å². The van der Waals surface area contributed by atoms with E-state index in [-0.39, 0.29) is 11.8 Å². The highest BCUT2D eigenvalue weighted by Gasteiger charge is 2.21. The standard InChI is InChI=1S/C19H20N2O4/c1-21-16-7-5-13(10-12(16)4-9-18(21)22)20-19(23)15-11-14(24-2)6-8-17(15)25-3/h5-8,10-11H,4,9H2,1-3H3,(H,20,23). The van der Waals surface area contributed by atoms with Gasteiger partial charge in [0.25, 0.3) is 5.91 Å². The van der Waals surface area contributed by atoms with Crippen molar-refractivity contribution in [3.05, 3.63) is 47.5 Å². The van der Waals surface area contributed by atoms with Crippen LogP contribution in [0.15, 0.2) is 36.4 Å². The van der Waals surface area contributed by atoms with Crippen LogP contribution in [0, 0.1) is 0 Å². The van der Waals surface area contributed by atoms with E-state index in [0.29, 0.717) is 35.6 Å². The van der Waals surface area contributed by atoms with E-state index in [2.05, 4.69) is 5.32 Å². The Kier molecular flexibility index (Phi) is 4.61. The van der Waals surface area contributed by atoms with Crippen molar-refractivity contribution in [2.75, 3.05) is 31.5 Å². The highest BCUT2D eigenvalue weighted by molar-refractivity contribution is 6.07. The first-order valence-corrected chi connectivity index (χ1v) is 7.96. The van der Waals surface area contributed by atoms with Crippen molar-refractivity contribution in [3.8, 4) is 11.5 Å². The van der Waals surface area contributed by atoms with E-state index in [4.69, 9.17) is 9.47 Å². The monoisotopic (exact) mass is 340 g/mol. The minimum Gasteiger partial charge on any atom is -0.497 e. The van der Waals surface area contributed by atoms with Crippen molar-refractivity contribution in [1.29, 1.82) is 0 Å². The molecule has 2 aromatic rings.